The molecule has 5 rings (SSSR count). The minimum absolute atomic E-state index is 0.131. The number of allylic oxidation sites excluding steroid dienone is 1. The summed E-state index contributed by atoms with van der Waals surface area (Å²) in [6.45, 7) is 0. The maximum atomic E-state index is 13.7. The fourth-order valence-corrected chi connectivity index (χ4v) is 7.02. The summed E-state index contributed by atoms with van der Waals surface area (Å²) in [5.74, 6) is -0.627. The van der Waals surface area contributed by atoms with Crippen LogP contribution in [0, 0.1) is 0 Å². The zero-order valence-electron chi connectivity index (χ0n) is 23.6. The molecule has 2 heterocycles. The van der Waals surface area contributed by atoms with Crippen LogP contribution < -0.4 is 19.1 Å². The molecule has 0 saturated carbocycles. The minimum Gasteiger partial charge on any atom is -0.503 e. The largest absolute Gasteiger partial charge is 0.503 e. The van der Waals surface area contributed by atoms with Gasteiger partial charge in [0.15, 0.2) is 27.4 Å². The Hall–Kier alpha value is -4.03. The van der Waals surface area contributed by atoms with E-state index in [1.165, 1.54) is 44.1 Å². The highest BCUT2D eigenvalue weighted by molar-refractivity contribution is 8.00. The molecule has 0 spiro atoms. The van der Waals surface area contributed by atoms with Crippen molar-refractivity contribution in [2.45, 2.75) is 16.1 Å². The van der Waals surface area contributed by atoms with Gasteiger partial charge < -0.3 is 19.3 Å². The first-order valence-corrected chi connectivity index (χ1v) is 15.6. The monoisotopic (exact) mass is 669 g/mol. The molecule has 1 unspecified atom stereocenters. The zero-order valence-corrected chi connectivity index (χ0v) is 26.8. The number of benzene rings is 3. The van der Waals surface area contributed by atoms with Gasteiger partial charge in [-0.15, -0.1) is 10.2 Å². The first-order chi connectivity index (χ1) is 21.2. The van der Waals surface area contributed by atoms with Gasteiger partial charge in [0.25, 0.3) is 5.91 Å². The molecule has 1 aliphatic heterocycles. The summed E-state index contributed by atoms with van der Waals surface area (Å²) in [7, 11) is 4.39. The maximum absolute atomic E-state index is 13.7. The third-order valence-corrected chi connectivity index (χ3v) is 9.36. The fraction of sp³-hybridized carbons (Fsp3) is 0.161. The average molecular weight is 671 g/mol. The van der Waals surface area contributed by atoms with Crippen LogP contribution in [-0.4, -0.2) is 48.3 Å². The van der Waals surface area contributed by atoms with Crippen molar-refractivity contribution in [1.29, 1.82) is 0 Å². The third-order valence-electron chi connectivity index (χ3n) is 6.67. The first-order valence-electron chi connectivity index (χ1n) is 13.0. The zero-order chi connectivity index (χ0) is 31.4. The Labute approximate surface area is 271 Å². The highest BCUT2D eigenvalue weighted by atomic mass is 35.5. The van der Waals surface area contributed by atoms with E-state index in [1.807, 2.05) is 36.4 Å². The Morgan fingerprint density at radius 3 is 2.36 bits per heavy atom. The highest BCUT2D eigenvalue weighted by Gasteiger charge is 2.46. The number of aliphatic hydroxyl groups is 1. The van der Waals surface area contributed by atoms with Gasteiger partial charge in [-0.3, -0.25) is 14.5 Å². The number of anilines is 1. The van der Waals surface area contributed by atoms with Gasteiger partial charge >= 0.3 is 0 Å². The molecule has 226 valence electrons. The Morgan fingerprint density at radius 2 is 1.73 bits per heavy atom. The van der Waals surface area contributed by atoms with Gasteiger partial charge in [-0.2, -0.15) is 0 Å². The van der Waals surface area contributed by atoms with Crippen molar-refractivity contribution in [3.63, 3.8) is 0 Å². The van der Waals surface area contributed by atoms with Crippen LogP contribution >= 0.6 is 46.3 Å². The lowest BCUT2D eigenvalue weighted by molar-refractivity contribution is -0.117. The van der Waals surface area contributed by atoms with Gasteiger partial charge in [0.05, 0.1) is 32.9 Å². The number of methoxy groups -OCH3 is 3. The summed E-state index contributed by atoms with van der Waals surface area (Å²) in [6.07, 6.45) is 2.93. The molecular formula is C31H25Cl2N3O6S2. The third kappa shape index (κ3) is 6.41. The second-order valence-corrected chi connectivity index (χ2v) is 12.3. The smallest absolute Gasteiger partial charge is 0.296 e. The van der Waals surface area contributed by atoms with Gasteiger partial charge in [-0.25, -0.2) is 0 Å². The second-order valence-electron chi connectivity index (χ2n) is 9.28. The number of nitrogens with zero attached hydrogens (tertiary/aromatic N) is 3. The molecule has 0 radical (unpaired) electrons. The lowest BCUT2D eigenvalue weighted by Crippen LogP contribution is -2.31. The molecule has 0 fully saturated rings. The van der Waals surface area contributed by atoms with Crippen molar-refractivity contribution in [2.24, 2.45) is 0 Å². The van der Waals surface area contributed by atoms with Crippen LogP contribution in [0.3, 0.4) is 0 Å². The molecule has 1 N–H and O–H groups in total. The molecule has 13 heteroatoms. The number of rotatable bonds is 11. The molecule has 44 heavy (non-hydrogen) atoms. The van der Waals surface area contributed by atoms with E-state index in [1.54, 1.807) is 30.3 Å². The summed E-state index contributed by atoms with van der Waals surface area (Å²) < 4.78 is 17.1. The van der Waals surface area contributed by atoms with Gasteiger partial charge in [-0.1, -0.05) is 88.8 Å². The van der Waals surface area contributed by atoms with E-state index in [0.29, 0.717) is 42.9 Å². The number of amides is 1. The molecule has 0 saturated heterocycles. The molecule has 4 aromatic rings. The van der Waals surface area contributed by atoms with E-state index in [4.69, 9.17) is 37.4 Å². The highest BCUT2D eigenvalue weighted by Crippen LogP contribution is 2.47. The van der Waals surface area contributed by atoms with Crippen LogP contribution in [0.15, 0.2) is 82.4 Å². The standard InChI is InChI=1S/C31H25Cl2N3O6S2/c1-40-23-13-19(14-24(41-2)28(23)42-3)26-25(22(37)12-9-17-7-5-4-6-8-17)27(38)29(39)36(26)30-34-35-31(44-30)43-16-18-10-11-20(32)15-21(18)33/h4-15,26,38H,16H2,1-3H3. The number of thioether (sulfide) groups is 1. The number of carbonyl (C=O) groups is 2. The Morgan fingerprint density at radius 1 is 1.02 bits per heavy atom. The lowest BCUT2D eigenvalue weighted by atomic mass is 9.95. The molecule has 1 aliphatic rings. The number of hydrogen-bond donors (Lipinski definition) is 1. The van der Waals surface area contributed by atoms with Crippen molar-refractivity contribution in [1.82, 2.24) is 10.2 Å². The van der Waals surface area contributed by atoms with Crippen molar-refractivity contribution >= 4 is 69.2 Å². The Balaban J connectivity index is 1.54. The molecular weight excluding hydrogens is 645 g/mol. The summed E-state index contributed by atoms with van der Waals surface area (Å²) in [5.41, 5.74) is 1.92. The molecule has 0 aliphatic carbocycles. The van der Waals surface area contributed by atoms with E-state index < -0.39 is 23.5 Å². The Bertz CT molecular complexity index is 1750. The van der Waals surface area contributed by atoms with Crippen LogP contribution in [0.1, 0.15) is 22.7 Å². The number of aliphatic hydroxyl groups excluding tert-OH is 1. The van der Waals surface area contributed by atoms with E-state index in [9.17, 15) is 14.7 Å². The van der Waals surface area contributed by atoms with Gasteiger partial charge in [-0.05, 0) is 47.0 Å². The number of halogens is 2. The normalized spacial score (nSPS) is 14.9. The van der Waals surface area contributed by atoms with E-state index in [2.05, 4.69) is 10.2 Å². The number of ether oxygens (including phenoxy) is 3. The Kier molecular flexibility index (Phi) is 9.80. The molecule has 9 nitrogen and oxygen atoms in total. The van der Waals surface area contributed by atoms with Crippen molar-refractivity contribution in [3.8, 4) is 17.2 Å². The van der Waals surface area contributed by atoms with Gasteiger partial charge in [0.2, 0.25) is 10.9 Å². The van der Waals surface area contributed by atoms with Gasteiger partial charge in [0.1, 0.15) is 0 Å². The summed E-state index contributed by atoms with van der Waals surface area (Å²) in [6, 6.07) is 16.6. The van der Waals surface area contributed by atoms with E-state index >= 15 is 0 Å². The van der Waals surface area contributed by atoms with Crippen molar-refractivity contribution in [2.75, 3.05) is 26.2 Å². The average Bonchev–Trinajstić information content (AvgIpc) is 3.60. The lowest BCUT2D eigenvalue weighted by Gasteiger charge is -2.25. The molecule has 1 amide bonds. The van der Waals surface area contributed by atoms with E-state index in [0.717, 1.165) is 22.5 Å². The van der Waals surface area contributed by atoms with Crippen LogP contribution in [0.4, 0.5) is 5.13 Å². The van der Waals surface area contributed by atoms with Crippen molar-refractivity contribution < 1.29 is 28.9 Å². The quantitative estimate of drug-likeness (QED) is 0.0995. The number of carbonyl (C=O) groups excluding carboxylic acids is 2. The van der Waals surface area contributed by atoms with Crippen LogP contribution in [0.5, 0.6) is 17.2 Å². The number of ketones is 1. The summed E-state index contributed by atoms with van der Waals surface area (Å²) >= 11 is 14.8. The SMILES string of the molecule is COc1cc(C2C(C(=O)C=Cc3ccccc3)=C(O)C(=O)N2c2nnc(SCc3ccc(Cl)cc3Cl)s2)cc(OC)c1OC. The summed E-state index contributed by atoms with van der Waals surface area (Å²) in [5, 5.41) is 20.9. The molecule has 3 aromatic carbocycles. The minimum atomic E-state index is -1.08. The molecule has 1 atom stereocenters. The second kappa shape index (κ2) is 13.7. The maximum Gasteiger partial charge on any atom is 0.296 e. The molecule has 1 aromatic heterocycles. The first kappa shape index (κ1) is 31.4. The number of aromatic nitrogens is 2. The number of hydrogen-bond acceptors (Lipinski definition) is 10. The van der Waals surface area contributed by atoms with Gasteiger partial charge in [0, 0.05) is 15.8 Å². The summed E-state index contributed by atoms with van der Waals surface area (Å²) in [4.78, 5) is 28.5. The van der Waals surface area contributed by atoms with Crippen LogP contribution in [-0.2, 0) is 15.3 Å². The predicted octanol–water partition coefficient (Wildman–Crippen LogP) is 7.35. The fourth-order valence-electron chi connectivity index (χ4n) is 4.59. The van der Waals surface area contributed by atoms with Crippen molar-refractivity contribution in [3.05, 3.63) is 105 Å². The topological polar surface area (TPSA) is 111 Å². The predicted molar refractivity (Wildman–Crippen MR) is 172 cm³/mol. The molecule has 0 bridgehead atoms. The van der Waals surface area contributed by atoms with E-state index in [-0.39, 0.29) is 10.7 Å². The van der Waals surface area contributed by atoms with Crippen LogP contribution in [0.25, 0.3) is 6.08 Å². The van der Waals surface area contributed by atoms with Crippen LogP contribution in [0.2, 0.25) is 10.0 Å².